The summed E-state index contributed by atoms with van der Waals surface area (Å²) in [5.41, 5.74) is 6.06. The van der Waals surface area contributed by atoms with Gasteiger partial charge in [0.25, 0.3) is 0 Å². The van der Waals surface area contributed by atoms with Crippen molar-refractivity contribution in [2.45, 2.75) is 43.0 Å². The topological polar surface area (TPSA) is 83.7 Å². The summed E-state index contributed by atoms with van der Waals surface area (Å²) in [4.78, 5) is 14.4. The largest absolute Gasteiger partial charge is 0.341 e. The van der Waals surface area contributed by atoms with Crippen LogP contribution in [-0.4, -0.2) is 55.8 Å². The van der Waals surface area contributed by atoms with Gasteiger partial charge in [-0.2, -0.15) is 4.31 Å². The highest BCUT2D eigenvalue weighted by Gasteiger charge is 2.31. The van der Waals surface area contributed by atoms with Crippen LogP contribution in [0.2, 0.25) is 0 Å². The number of hydrogen-bond acceptors (Lipinski definition) is 4. The van der Waals surface area contributed by atoms with Crippen LogP contribution in [0, 0.1) is 11.7 Å². The number of hydrogen-bond donors (Lipinski definition) is 1. The molecule has 3 rings (SSSR count). The van der Waals surface area contributed by atoms with Crippen molar-refractivity contribution in [1.82, 2.24) is 9.21 Å². The number of halogens is 1. The molecule has 6 nitrogen and oxygen atoms in total. The maximum Gasteiger partial charge on any atom is 0.243 e. The molecule has 2 fully saturated rings. The van der Waals surface area contributed by atoms with Crippen LogP contribution in [0.15, 0.2) is 29.2 Å². The number of rotatable bonds is 4. The fourth-order valence-electron chi connectivity index (χ4n) is 3.81. The third-order valence-corrected chi connectivity index (χ3v) is 7.33. The number of sulfonamides is 1. The lowest BCUT2D eigenvalue weighted by Gasteiger charge is -2.24. The minimum atomic E-state index is -3.67. The van der Waals surface area contributed by atoms with Crippen LogP contribution in [0.4, 0.5) is 4.39 Å². The van der Waals surface area contributed by atoms with Crippen LogP contribution in [0.3, 0.4) is 0 Å². The first kappa shape index (κ1) is 19.3. The molecule has 1 amide bonds. The molecule has 1 aromatic carbocycles. The van der Waals surface area contributed by atoms with Crippen molar-refractivity contribution in [2.75, 3.05) is 26.2 Å². The summed E-state index contributed by atoms with van der Waals surface area (Å²) >= 11 is 0. The molecule has 1 heterocycles. The Morgan fingerprint density at radius 2 is 1.81 bits per heavy atom. The standard InChI is InChI=1S/C18H26FN3O3S/c19-15-5-7-16(8-6-15)26(24,25)22-10-2-9-21(11-12-22)18(23)13-14-3-1-4-17(14)20/h5-8,14,17H,1-4,9-13,20H2/t14-,17+/m0/s1. The molecule has 2 atom stereocenters. The van der Waals surface area contributed by atoms with Crippen LogP contribution in [0.25, 0.3) is 0 Å². The van der Waals surface area contributed by atoms with E-state index in [1.54, 1.807) is 4.90 Å². The predicted molar refractivity (Wildman–Crippen MR) is 96.3 cm³/mol. The normalized spacial score (nSPS) is 25.2. The van der Waals surface area contributed by atoms with Crippen molar-refractivity contribution < 1.29 is 17.6 Å². The minimum absolute atomic E-state index is 0.0633. The third kappa shape index (κ3) is 4.24. The van der Waals surface area contributed by atoms with Gasteiger partial charge < -0.3 is 10.6 Å². The molecule has 1 aliphatic carbocycles. The Bertz CT molecular complexity index is 739. The Kier molecular flexibility index (Phi) is 5.94. The lowest BCUT2D eigenvalue weighted by molar-refractivity contribution is -0.132. The lowest BCUT2D eigenvalue weighted by Crippen LogP contribution is -2.39. The van der Waals surface area contributed by atoms with Gasteiger partial charge in [-0.1, -0.05) is 6.42 Å². The van der Waals surface area contributed by atoms with Crippen LogP contribution >= 0.6 is 0 Å². The van der Waals surface area contributed by atoms with Crippen molar-refractivity contribution in [3.05, 3.63) is 30.1 Å². The first-order chi connectivity index (χ1) is 12.4. The van der Waals surface area contributed by atoms with Gasteiger partial charge in [0, 0.05) is 38.6 Å². The molecule has 26 heavy (non-hydrogen) atoms. The van der Waals surface area contributed by atoms with E-state index in [1.165, 1.54) is 16.4 Å². The van der Waals surface area contributed by atoms with E-state index in [2.05, 4.69) is 0 Å². The van der Waals surface area contributed by atoms with E-state index in [-0.39, 0.29) is 29.3 Å². The summed E-state index contributed by atoms with van der Waals surface area (Å²) in [5, 5.41) is 0. The molecule has 1 aromatic rings. The van der Waals surface area contributed by atoms with Crippen molar-refractivity contribution in [1.29, 1.82) is 0 Å². The second kappa shape index (κ2) is 8.02. The highest BCUT2D eigenvalue weighted by Crippen LogP contribution is 2.27. The summed E-state index contributed by atoms with van der Waals surface area (Å²) in [6.07, 6.45) is 4.07. The molecular formula is C18H26FN3O3S. The van der Waals surface area contributed by atoms with Crippen LogP contribution in [-0.2, 0) is 14.8 Å². The molecular weight excluding hydrogens is 357 g/mol. The molecule has 0 spiro atoms. The zero-order chi connectivity index (χ0) is 18.7. The Labute approximate surface area is 154 Å². The molecule has 2 aliphatic rings. The first-order valence-corrected chi connectivity index (χ1v) is 10.6. The number of amides is 1. The van der Waals surface area contributed by atoms with E-state index in [1.807, 2.05) is 0 Å². The maximum absolute atomic E-state index is 13.1. The Morgan fingerprint density at radius 1 is 1.08 bits per heavy atom. The molecule has 0 unspecified atom stereocenters. The molecule has 1 saturated carbocycles. The van der Waals surface area contributed by atoms with Gasteiger partial charge in [-0.05, 0) is 49.4 Å². The van der Waals surface area contributed by atoms with E-state index >= 15 is 0 Å². The van der Waals surface area contributed by atoms with Crippen LogP contribution in [0.1, 0.15) is 32.1 Å². The second-order valence-electron chi connectivity index (χ2n) is 7.15. The highest BCUT2D eigenvalue weighted by molar-refractivity contribution is 7.89. The van der Waals surface area contributed by atoms with Gasteiger partial charge in [-0.3, -0.25) is 4.79 Å². The molecule has 0 radical (unpaired) electrons. The number of benzene rings is 1. The van der Waals surface area contributed by atoms with Gasteiger partial charge in [-0.25, -0.2) is 12.8 Å². The average molecular weight is 383 g/mol. The van der Waals surface area contributed by atoms with Gasteiger partial charge in [0.15, 0.2) is 0 Å². The monoisotopic (exact) mass is 383 g/mol. The molecule has 1 saturated heterocycles. The first-order valence-electron chi connectivity index (χ1n) is 9.17. The minimum Gasteiger partial charge on any atom is -0.341 e. The average Bonchev–Trinajstić information content (AvgIpc) is 2.86. The summed E-state index contributed by atoms with van der Waals surface area (Å²) in [7, 11) is -3.67. The zero-order valence-corrected chi connectivity index (χ0v) is 15.6. The zero-order valence-electron chi connectivity index (χ0n) is 14.8. The maximum atomic E-state index is 13.1. The van der Waals surface area contributed by atoms with Crippen molar-refractivity contribution in [2.24, 2.45) is 11.7 Å². The van der Waals surface area contributed by atoms with Crippen molar-refractivity contribution in [3.8, 4) is 0 Å². The van der Waals surface area contributed by atoms with Crippen molar-refractivity contribution in [3.63, 3.8) is 0 Å². The van der Waals surface area contributed by atoms with Gasteiger partial charge in [0.2, 0.25) is 15.9 Å². The van der Waals surface area contributed by atoms with E-state index in [4.69, 9.17) is 5.73 Å². The Hall–Kier alpha value is -1.51. The molecule has 2 N–H and O–H groups in total. The fraction of sp³-hybridized carbons (Fsp3) is 0.611. The number of carbonyl (C=O) groups is 1. The molecule has 0 bridgehead atoms. The molecule has 1 aliphatic heterocycles. The SMILES string of the molecule is N[C@@H]1CCC[C@H]1CC(=O)N1CCCN(S(=O)(=O)c2ccc(F)cc2)CC1. The van der Waals surface area contributed by atoms with Gasteiger partial charge in [0.1, 0.15) is 5.82 Å². The summed E-state index contributed by atoms with van der Waals surface area (Å²) in [5.74, 6) is -0.167. The number of nitrogens with zero attached hydrogens (tertiary/aromatic N) is 2. The predicted octanol–water partition coefficient (Wildman–Crippen LogP) is 1.57. The Balaban J connectivity index is 1.62. The van der Waals surface area contributed by atoms with E-state index in [0.717, 1.165) is 31.4 Å². The van der Waals surface area contributed by atoms with Gasteiger partial charge in [-0.15, -0.1) is 0 Å². The summed E-state index contributed by atoms with van der Waals surface area (Å²) in [6, 6.07) is 4.94. The number of carbonyl (C=O) groups excluding carboxylic acids is 1. The van der Waals surface area contributed by atoms with E-state index < -0.39 is 15.8 Å². The van der Waals surface area contributed by atoms with E-state index in [9.17, 15) is 17.6 Å². The lowest BCUT2D eigenvalue weighted by atomic mass is 9.99. The van der Waals surface area contributed by atoms with Crippen LogP contribution in [0.5, 0.6) is 0 Å². The van der Waals surface area contributed by atoms with Gasteiger partial charge >= 0.3 is 0 Å². The fourth-order valence-corrected chi connectivity index (χ4v) is 5.28. The Morgan fingerprint density at radius 3 is 2.46 bits per heavy atom. The second-order valence-corrected chi connectivity index (χ2v) is 9.09. The molecule has 8 heteroatoms. The van der Waals surface area contributed by atoms with Gasteiger partial charge in [0.05, 0.1) is 4.90 Å². The highest BCUT2D eigenvalue weighted by atomic mass is 32.2. The summed E-state index contributed by atoms with van der Waals surface area (Å²) in [6.45, 7) is 1.53. The number of nitrogens with two attached hydrogens (primary N) is 1. The molecule has 144 valence electrons. The smallest absolute Gasteiger partial charge is 0.243 e. The van der Waals surface area contributed by atoms with Crippen molar-refractivity contribution >= 4 is 15.9 Å². The summed E-state index contributed by atoms with van der Waals surface area (Å²) < 4.78 is 39.9. The molecule has 0 aromatic heterocycles. The third-order valence-electron chi connectivity index (χ3n) is 5.41. The van der Waals surface area contributed by atoms with E-state index in [0.29, 0.717) is 32.5 Å². The quantitative estimate of drug-likeness (QED) is 0.855. The van der Waals surface area contributed by atoms with Crippen LogP contribution < -0.4 is 5.73 Å².